The molecule has 0 bridgehead atoms. The lowest BCUT2D eigenvalue weighted by atomic mass is 10.4. The van der Waals surface area contributed by atoms with Crippen molar-refractivity contribution in [3.05, 3.63) is 0 Å². The van der Waals surface area contributed by atoms with Gasteiger partial charge in [0.1, 0.15) is 5.75 Å². The third kappa shape index (κ3) is 5.74. The van der Waals surface area contributed by atoms with Crippen molar-refractivity contribution < 1.29 is 8.42 Å². The molecular formula is C9H19N3O2S2. The van der Waals surface area contributed by atoms with Crippen molar-refractivity contribution in [2.24, 2.45) is 5.73 Å². The lowest BCUT2D eigenvalue weighted by molar-refractivity contribution is 0.334. The van der Waals surface area contributed by atoms with Crippen LogP contribution in [0.25, 0.3) is 0 Å². The standard InChI is InChI=1S/C9H19N3O2S2/c10-9(15)8-16(13,14)11-4-3-7-12-5-1-2-6-12/h11H,1-8H2,(H2,10,15). The zero-order valence-corrected chi connectivity index (χ0v) is 10.9. The average molecular weight is 265 g/mol. The number of nitrogens with one attached hydrogen (secondary N) is 1. The SMILES string of the molecule is NC(=S)CS(=O)(=O)NCCCN1CCCC1. The van der Waals surface area contributed by atoms with Gasteiger partial charge in [-0.05, 0) is 38.9 Å². The molecule has 0 amide bonds. The summed E-state index contributed by atoms with van der Waals surface area (Å²) in [6, 6.07) is 0. The second kappa shape index (κ2) is 6.48. The number of likely N-dealkylation sites (tertiary alicyclic amines) is 1. The molecule has 3 N–H and O–H groups in total. The summed E-state index contributed by atoms with van der Waals surface area (Å²) in [5.74, 6) is -0.258. The first-order valence-corrected chi connectivity index (χ1v) is 7.54. The molecule has 16 heavy (non-hydrogen) atoms. The van der Waals surface area contributed by atoms with Crippen LogP contribution < -0.4 is 10.5 Å². The molecule has 0 radical (unpaired) electrons. The van der Waals surface area contributed by atoms with Gasteiger partial charge >= 0.3 is 0 Å². The van der Waals surface area contributed by atoms with Crippen molar-refractivity contribution in [1.82, 2.24) is 9.62 Å². The molecule has 0 aromatic carbocycles. The van der Waals surface area contributed by atoms with Crippen molar-refractivity contribution in [3.8, 4) is 0 Å². The maximum absolute atomic E-state index is 11.3. The van der Waals surface area contributed by atoms with Crippen LogP contribution in [0, 0.1) is 0 Å². The fraction of sp³-hybridized carbons (Fsp3) is 0.889. The molecular weight excluding hydrogens is 246 g/mol. The number of hydrogen-bond donors (Lipinski definition) is 2. The van der Waals surface area contributed by atoms with Crippen LogP contribution in [0.3, 0.4) is 0 Å². The van der Waals surface area contributed by atoms with Gasteiger partial charge in [0.05, 0.1) is 4.99 Å². The molecule has 1 aliphatic heterocycles. The lowest BCUT2D eigenvalue weighted by Crippen LogP contribution is -2.34. The maximum Gasteiger partial charge on any atom is 0.218 e. The quantitative estimate of drug-likeness (QED) is 0.487. The molecule has 0 saturated carbocycles. The van der Waals surface area contributed by atoms with Gasteiger partial charge in [0.15, 0.2) is 0 Å². The number of nitrogens with two attached hydrogens (primary N) is 1. The molecule has 5 nitrogen and oxygen atoms in total. The number of hydrogen-bond acceptors (Lipinski definition) is 4. The van der Waals surface area contributed by atoms with E-state index in [2.05, 4.69) is 21.8 Å². The molecule has 0 aromatic heterocycles. The highest BCUT2D eigenvalue weighted by Crippen LogP contribution is 2.06. The topological polar surface area (TPSA) is 75.4 Å². The van der Waals surface area contributed by atoms with Crippen LogP contribution >= 0.6 is 12.2 Å². The molecule has 94 valence electrons. The van der Waals surface area contributed by atoms with Gasteiger partial charge in [-0.15, -0.1) is 0 Å². The summed E-state index contributed by atoms with van der Waals surface area (Å²) in [5.41, 5.74) is 5.19. The Balaban J connectivity index is 2.12. The highest BCUT2D eigenvalue weighted by molar-refractivity contribution is 7.92. The third-order valence-corrected chi connectivity index (χ3v) is 4.17. The lowest BCUT2D eigenvalue weighted by Gasteiger charge is -2.14. The minimum Gasteiger partial charge on any atom is -0.392 e. The van der Waals surface area contributed by atoms with Crippen LogP contribution in [0.4, 0.5) is 0 Å². The van der Waals surface area contributed by atoms with Crippen molar-refractivity contribution in [2.45, 2.75) is 19.3 Å². The van der Waals surface area contributed by atoms with Crippen LogP contribution in [0.5, 0.6) is 0 Å². The van der Waals surface area contributed by atoms with Crippen molar-refractivity contribution >= 4 is 27.2 Å². The highest BCUT2D eigenvalue weighted by atomic mass is 32.2. The first kappa shape index (κ1) is 13.8. The van der Waals surface area contributed by atoms with Gasteiger partial charge in [-0.3, -0.25) is 0 Å². The number of rotatable bonds is 7. The molecule has 7 heteroatoms. The summed E-state index contributed by atoms with van der Waals surface area (Å²) in [4.78, 5) is 2.36. The largest absolute Gasteiger partial charge is 0.392 e. The molecule has 1 saturated heterocycles. The smallest absolute Gasteiger partial charge is 0.218 e. The highest BCUT2D eigenvalue weighted by Gasteiger charge is 2.13. The minimum absolute atomic E-state index is 0.00652. The van der Waals surface area contributed by atoms with Gasteiger partial charge in [0.2, 0.25) is 10.0 Å². The normalized spacial score (nSPS) is 17.8. The Morgan fingerprint density at radius 2 is 2.00 bits per heavy atom. The van der Waals surface area contributed by atoms with Gasteiger partial charge in [-0.1, -0.05) is 12.2 Å². The molecule has 1 aliphatic rings. The summed E-state index contributed by atoms with van der Waals surface area (Å²) >= 11 is 4.56. The number of sulfonamides is 1. The molecule has 0 unspecified atom stereocenters. The van der Waals surface area contributed by atoms with E-state index >= 15 is 0 Å². The van der Waals surface area contributed by atoms with Gasteiger partial charge in [0, 0.05) is 6.54 Å². The fourth-order valence-corrected chi connectivity index (χ4v) is 3.17. The van der Waals surface area contributed by atoms with E-state index in [1.54, 1.807) is 0 Å². The predicted molar refractivity (Wildman–Crippen MR) is 68.9 cm³/mol. The average Bonchev–Trinajstić information content (AvgIpc) is 2.62. The zero-order valence-electron chi connectivity index (χ0n) is 9.31. The Labute approximate surface area is 102 Å². The summed E-state index contributed by atoms with van der Waals surface area (Å²) in [5, 5.41) is 0. The molecule has 0 aromatic rings. The van der Waals surface area contributed by atoms with E-state index in [0.717, 1.165) is 26.1 Å². The first-order valence-electron chi connectivity index (χ1n) is 5.47. The molecule has 1 heterocycles. The van der Waals surface area contributed by atoms with Crippen LogP contribution in [-0.4, -0.2) is 50.2 Å². The summed E-state index contributed by atoms with van der Waals surface area (Å²) in [7, 11) is -3.31. The van der Waals surface area contributed by atoms with Gasteiger partial charge in [-0.2, -0.15) is 0 Å². The Morgan fingerprint density at radius 1 is 1.38 bits per heavy atom. The fourth-order valence-electron chi connectivity index (χ4n) is 1.77. The van der Waals surface area contributed by atoms with Crippen molar-refractivity contribution in [1.29, 1.82) is 0 Å². The van der Waals surface area contributed by atoms with Crippen LogP contribution in [0.2, 0.25) is 0 Å². The van der Waals surface area contributed by atoms with E-state index in [9.17, 15) is 8.42 Å². The maximum atomic E-state index is 11.3. The molecule has 1 fully saturated rings. The summed E-state index contributed by atoms with van der Waals surface area (Å²) in [6.45, 7) is 3.69. The Bertz CT molecular complexity index is 324. The Morgan fingerprint density at radius 3 is 2.56 bits per heavy atom. The van der Waals surface area contributed by atoms with E-state index in [1.807, 2.05) is 0 Å². The molecule has 0 spiro atoms. The van der Waals surface area contributed by atoms with Crippen LogP contribution in [-0.2, 0) is 10.0 Å². The number of nitrogens with zero attached hydrogens (tertiary/aromatic N) is 1. The Kier molecular flexibility index (Phi) is 5.60. The molecule has 1 rings (SSSR count). The predicted octanol–water partition coefficient (Wildman–Crippen LogP) is -0.322. The summed E-state index contributed by atoms with van der Waals surface area (Å²) < 4.78 is 25.2. The van der Waals surface area contributed by atoms with E-state index < -0.39 is 10.0 Å². The number of thiocarbonyl (C=S) groups is 1. The van der Waals surface area contributed by atoms with E-state index in [1.165, 1.54) is 12.8 Å². The minimum atomic E-state index is -3.31. The zero-order chi connectivity index (χ0) is 12.0. The van der Waals surface area contributed by atoms with Crippen LogP contribution in [0.15, 0.2) is 0 Å². The monoisotopic (exact) mass is 265 g/mol. The van der Waals surface area contributed by atoms with Gasteiger partial charge in [0.25, 0.3) is 0 Å². The second-order valence-electron chi connectivity index (χ2n) is 4.02. The Hall–Kier alpha value is -0.240. The van der Waals surface area contributed by atoms with Crippen molar-refractivity contribution in [2.75, 3.05) is 31.9 Å². The summed E-state index contributed by atoms with van der Waals surface area (Å²) in [6.07, 6.45) is 3.34. The van der Waals surface area contributed by atoms with Gasteiger partial charge < -0.3 is 10.6 Å². The van der Waals surface area contributed by atoms with Crippen molar-refractivity contribution in [3.63, 3.8) is 0 Å². The second-order valence-corrected chi connectivity index (χ2v) is 6.35. The molecule has 0 atom stereocenters. The first-order chi connectivity index (χ1) is 7.49. The van der Waals surface area contributed by atoms with Crippen LogP contribution in [0.1, 0.15) is 19.3 Å². The van der Waals surface area contributed by atoms with E-state index in [0.29, 0.717) is 6.54 Å². The molecule has 0 aliphatic carbocycles. The van der Waals surface area contributed by atoms with Gasteiger partial charge in [-0.25, -0.2) is 13.1 Å². The third-order valence-electron chi connectivity index (χ3n) is 2.50. The van der Waals surface area contributed by atoms with E-state index in [-0.39, 0.29) is 10.7 Å². The van der Waals surface area contributed by atoms with E-state index in [4.69, 9.17) is 5.73 Å².